The Morgan fingerprint density at radius 1 is 0.789 bits per heavy atom. The first-order valence-electron chi connectivity index (χ1n) is 8.31. The fourth-order valence-electron chi connectivity index (χ4n) is 2.05. The van der Waals surface area contributed by atoms with Crippen LogP contribution in [-0.4, -0.2) is 12.6 Å². The molecule has 0 aromatic rings. The first-order chi connectivity index (χ1) is 9.31. The highest BCUT2D eigenvalue weighted by Crippen LogP contribution is 2.11. The summed E-state index contributed by atoms with van der Waals surface area (Å²) in [5.74, 6) is -0.131. The molecule has 0 aliphatic carbocycles. The van der Waals surface area contributed by atoms with Crippen LogP contribution in [0.2, 0.25) is 0 Å². The molecule has 0 saturated heterocycles. The van der Waals surface area contributed by atoms with E-state index in [1.807, 2.05) is 0 Å². The van der Waals surface area contributed by atoms with Crippen molar-refractivity contribution in [3.05, 3.63) is 6.42 Å². The number of hydrogen-bond donors (Lipinski definition) is 0. The maximum Gasteiger partial charge on any atom is 0.309 e. The molecular weight excluding hydrogens is 236 g/mol. The van der Waals surface area contributed by atoms with Crippen molar-refractivity contribution in [1.29, 1.82) is 0 Å². The van der Waals surface area contributed by atoms with E-state index >= 15 is 0 Å². The van der Waals surface area contributed by atoms with Crippen LogP contribution >= 0.6 is 0 Å². The Morgan fingerprint density at radius 2 is 1.32 bits per heavy atom. The summed E-state index contributed by atoms with van der Waals surface area (Å²) in [5, 5.41) is 0. The van der Waals surface area contributed by atoms with Gasteiger partial charge in [-0.1, -0.05) is 78.1 Å². The van der Waals surface area contributed by atoms with E-state index in [9.17, 15) is 4.79 Å². The van der Waals surface area contributed by atoms with Crippen LogP contribution in [-0.2, 0) is 9.53 Å². The topological polar surface area (TPSA) is 26.3 Å². The Balaban J connectivity index is 3.07. The average Bonchev–Trinajstić information content (AvgIpc) is 2.41. The molecule has 0 unspecified atom stereocenters. The number of rotatable bonds is 14. The zero-order valence-corrected chi connectivity index (χ0v) is 13.1. The molecule has 0 heterocycles. The molecule has 0 spiro atoms. The number of unbranched alkanes of at least 4 members (excludes halogenated alkanes) is 10. The van der Waals surface area contributed by atoms with Crippen LogP contribution in [0.1, 0.15) is 90.9 Å². The molecule has 0 rings (SSSR count). The lowest BCUT2D eigenvalue weighted by molar-refractivity contribution is -0.139. The molecule has 19 heavy (non-hydrogen) atoms. The molecule has 0 atom stereocenters. The van der Waals surface area contributed by atoms with Gasteiger partial charge in [-0.25, -0.2) is 0 Å². The van der Waals surface area contributed by atoms with Crippen LogP contribution in [0.3, 0.4) is 0 Å². The minimum atomic E-state index is -0.131. The van der Waals surface area contributed by atoms with E-state index in [1.54, 1.807) is 6.42 Å². The summed E-state index contributed by atoms with van der Waals surface area (Å²) in [4.78, 5) is 11.3. The second kappa shape index (κ2) is 15.5. The number of ether oxygens (including phenoxy) is 1. The smallest absolute Gasteiger partial charge is 0.309 e. The Labute approximate surface area is 120 Å². The highest BCUT2D eigenvalue weighted by molar-refractivity contribution is 5.78. The molecule has 0 N–H and O–H groups in total. The predicted molar refractivity (Wildman–Crippen MR) is 82.0 cm³/mol. The minimum Gasteiger partial charge on any atom is -0.465 e. The molecule has 0 amide bonds. The second-order valence-electron chi connectivity index (χ2n) is 5.34. The van der Waals surface area contributed by atoms with Crippen LogP contribution in [0.4, 0.5) is 0 Å². The third-order valence-electron chi connectivity index (χ3n) is 3.36. The molecule has 0 aliphatic rings. The lowest BCUT2D eigenvalue weighted by Gasteiger charge is -2.04. The Hall–Kier alpha value is -0.530. The molecule has 0 saturated carbocycles. The summed E-state index contributed by atoms with van der Waals surface area (Å²) in [6.07, 6.45) is 16.5. The van der Waals surface area contributed by atoms with E-state index in [4.69, 9.17) is 4.74 Å². The predicted octanol–water partition coefficient (Wildman–Crippen LogP) is 5.45. The zero-order valence-electron chi connectivity index (χ0n) is 13.1. The molecular formula is C17H33O2. The van der Waals surface area contributed by atoms with E-state index in [1.165, 1.54) is 51.4 Å². The van der Waals surface area contributed by atoms with Gasteiger partial charge in [0.15, 0.2) is 0 Å². The van der Waals surface area contributed by atoms with Crippen molar-refractivity contribution < 1.29 is 9.53 Å². The highest BCUT2D eigenvalue weighted by Gasteiger charge is 2.02. The summed E-state index contributed by atoms with van der Waals surface area (Å²) >= 11 is 0. The largest absolute Gasteiger partial charge is 0.465 e. The van der Waals surface area contributed by atoms with E-state index in [-0.39, 0.29) is 5.97 Å². The van der Waals surface area contributed by atoms with Gasteiger partial charge in [-0.2, -0.15) is 0 Å². The standard InChI is InChI=1S/C17H33O2/c1-3-5-7-8-9-10-11-12-13-14-15-17(18)19-16-6-4-2/h15H,3-14,16H2,1-2H3. The monoisotopic (exact) mass is 269 g/mol. The number of esters is 1. The van der Waals surface area contributed by atoms with E-state index < -0.39 is 0 Å². The van der Waals surface area contributed by atoms with Crippen LogP contribution in [0.5, 0.6) is 0 Å². The fraction of sp³-hybridized carbons (Fsp3) is 0.882. The van der Waals surface area contributed by atoms with Gasteiger partial charge < -0.3 is 4.74 Å². The SMILES string of the molecule is CCCCCCCCCCC[CH]C(=O)OCCCC. The van der Waals surface area contributed by atoms with Gasteiger partial charge in [-0.15, -0.1) is 0 Å². The molecule has 1 radical (unpaired) electrons. The first-order valence-corrected chi connectivity index (χ1v) is 8.31. The third-order valence-corrected chi connectivity index (χ3v) is 3.36. The summed E-state index contributed by atoms with van der Waals surface area (Å²) in [5.41, 5.74) is 0. The van der Waals surface area contributed by atoms with Gasteiger partial charge >= 0.3 is 5.97 Å². The van der Waals surface area contributed by atoms with Gasteiger partial charge in [0.2, 0.25) is 0 Å². The average molecular weight is 269 g/mol. The van der Waals surface area contributed by atoms with Crippen molar-refractivity contribution in [3.63, 3.8) is 0 Å². The van der Waals surface area contributed by atoms with Gasteiger partial charge in [0.05, 0.1) is 13.0 Å². The highest BCUT2D eigenvalue weighted by atomic mass is 16.5. The first kappa shape index (κ1) is 18.5. The molecule has 113 valence electrons. The number of carbonyl (C=O) groups is 1. The maximum absolute atomic E-state index is 11.3. The fourth-order valence-corrected chi connectivity index (χ4v) is 2.05. The Bertz CT molecular complexity index is 190. The summed E-state index contributed by atoms with van der Waals surface area (Å²) < 4.78 is 5.07. The van der Waals surface area contributed by atoms with Crippen molar-refractivity contribution in [3.8, 4) is 0 Å². The van der Waals surface area contributed by atoms with Crippen molar-refractivity contribution in [2.24, 2.45) is 0 Å². The molecule has 0 bridgehead atoms. The summed E-state index contributed by atoms with van der Waals surface area (Å²) in [6.45, 7) is 4.92. The lowest BCUT2D eigenvalue weighted by atomic mass is 10.1. The van der Waals surface area contributed by atoms with E-state index in [0.717, 1.165) is 25.7 Å². The summed E-state index contributed by atoms with van der Waals surface area (Å²) in [7, 11) is 0. The van der Waals surface area contributed by atoms with E-state index in [2.05, 4.69) is 13.8 Å². The van der Waals surface area contributed by atoms with Gasteiger partial charge in [0, 0.05) is 0 Å². The van der Waals surface area contributed by atoms with E-state index in [0.29, 0.717) is 6.61 Å². The quantitative estimate of drug-likeness (QED) is 0.309. The van der Waals surface area contributed by atoms with Gasteiger partial charge in [0.1, 0.15) is 0 Å². The van der Waals surface area contributed by atoms with Crippen molar-refractivity contribution in [1.82, 2.24) is 0 Å². The van der Waals surface area contributed by atoms with Crippen LogP contribution in [0.25, 0.3) is 0 Å². The van der Waals surface area contributed by atoms with Gasteiger partial charge in [0.25, 0.3) is 0 Å². The molecule has 0 aromatic heterocycles. The summed E-state index contributed by atoms with van der Waals surface area (Å²) in [6, 6.07) is 0. The van der Waals surface area contributed by atoms with Crippen molar-refractivity contribution in [2.45, 2.75) is 90.9 Å². The van der Waals surface area contributed by atoms with Crippen LogP contribution < -0.4 is 0 Å². The lowest BCUT2D eigenvalue weighted by Crippen LogP contribution is -2.06. The van der Waals surface area contributed by atoms with Crippen LogP contribution in [0, 0.1) is 6.42 Å². The van der Waals surface area contributed by atoms with Crippen molar-refractivity contribution in [2.75, 3.05) is 6.61 Å². The molecule has 2 nitrogen and oxygen atoms in total. The van der Waals surface area contributed by atoms with Crippen molar-refractivity contribution >= 4 is 5.97 Å². The van der Waals surface area contributed by atoms with Crippen LogP contribution in [0.15, 0.2) is 0 Å². The number of carbonyl (C=O) groups excluding carboxylic acids is 1. The number of hydrogen-bond acceptors (Lipinski definition) is 2. The zero-order chi connectivity index (χ0) is 14.2. The molecule has 2 heteroatoms. The maximum atomic E-state index is 11.3. The minimum absolute atomic E-state index is 0.131. The molecule has 0 aliphatic heterocycles. The molecule has 0 aromatic carbocycles. The van der Waals surface area contributed by atoms with Gasteiger partial charge in [-0.3, -0.25) is 4.79 Å². The second-order valence-corrected chi connectivity index (χ2v) is 5.34. The Kier molecular flexibility index (Phi) is 15.1. The Morgan fingerprint density at radius 3 is 1.89 bits per heavy atom. The molecule has 0 fully saturated rings. The van der Waals surface area contributed by atoms with Gasteiger partial charge in [-0.05, 0) is 12.8 Å². The normalized spacial score (nSPS) is 10.6. The third kappa shape index (κ3) is 15.4.